The van der Waals surface area contributed by atoms with Crippen molar-refractivity contribution in [2.45, 2.75) is 0 Å². The summed E-state index contributed by atoms with van der Waals surface area (Å²) in [6, 6.07) is 15.3. The van der Waals surface area contributed by atoms with Crippen molar-refractivity contribution in [2.75, 3.05) is 5.73 Å². The maximum absolute atomic E-state index is 14.2. The van der Waals surface area contributed by atoms with Crippen molar-refractivity contribution in [1.29, 1.82) is 0 Å². The van der Waals surface area contributed by atoms with Crippen LogP contribution in [0.3, 0.4) is 0 Å². The predicted molar refractivity (Wildman–Crippen MR) is 102 cm³/mol. The van der Waals surface area contributed by atoms with E-state index in [-0.39, 0.29) is 17.3 Å². The Hall–Kier alpha value is -3.94. The van der Waals surface area contributed by atoms with E-state index in [9.17, 15) is 8.78 Å². The van der Waals surface area contributed by atoms with E-state index in [1.165, 1.54) is 12.1 Å². The molecule has 0 atom stereocenters. The van der Waals surface area contributed by atoms with Gasteiger partial charge in [-0.1, -0.05) is 48.6 Å². The van der Waals surface area contributed by atoms with Crippen molar-refractivity contribution in [3.05, 3.63) is 83.6 Å². The third-order valence-electron chi connectivity index (χ3n) is 4.08. The monoisotopic (exact) mass is 376 g/mol. The zero-order valence-corrected chi connectivity index (χ0v) is 14.5. The SMILES string of the molecule is Nc1ncc(C=Cc2ccccc2)cc1-c1nnnn1-c1cccc(F)c1F. The van der Waals surface area contributed by atoms with Crippen LogP contribution in [0.15, 0.2) is 60.8 Å². The van der Waals surface area contributed by atoms with Crippen molar-refractivity contribution >= 4 is 18.0 Å². The second-order valence-electron chi connectivity index (χ2n) is 5.93. The molecule has 0 aliphatic carbocycles. The maximum atomic E-state index is 14.2. The van der Waals surface area contributed by atoms with Gasteiger partial charge in [-0.3, -0.25) is 0 Å². The predicted octanol–water partition coefficient (Wildman–Crippen LogP) is 3.76. The van der Waals surface area contributed by atoms with E-state index < -0.39 is 11.6 Å². The molecule has 0 unspecified atom stereocenters. The summed E-state index contributed by atoms with van der Waals surface area (Å²) < 4.78 is 28.9. The summed E-state index contributed by atoms with van der Waals surface area (Å²) in [5.41, 5.74) is 8.05. The summed E-state index contributed by atoms with van der Waals surface area (Å²) >= 11 is 0. The fraction of sp³-hybridized carbons (Fsp3) is 0. The molecule has 2 heterocycles. The lowest BCUT2D eigenvalue weighted by atomic mass is 10.1. The molecule has 138 valence electrons. The highest BCUT2D eigenvalue weighted by atomic mass is 19.2. The van der Waals surface area contributed by atoms with Crippen molar-refractivity contribution in [3.8, 4) is 17.1 Å². The van der Waals surface area contributed by atoms with Gasteiger partial charge in [-0.2, -0.15) is 4.68 Å². The Morgan fingerprint density at radius 3 is 2.54 bits per heavy atom. The molecular weight excluding hydrogens is 362 g/mol. The lowest BCUT2D eigenvalue weighted by molar-refractivity contribution is 0.501. The van der Waals surface area contributed by atoms with Gasteiger partial charge < -0.3 is 5.73 Å². The fourth-order valence-electron chi connectivity index (χ4n) is 2.69. The van der Waals surface area contributed by atoms with E-state index >= 15 is 0 Å². The molecule has 0 amide bonds. The molecule has 4 aromatic rings. The first-order valence-corrected chi connectivity index (χ1v) is 8.35. The van der Waals surface area contributed by atoms with Gasteiger partial charge in [0.2, 0.25) is 0 Å². The third kappa shape index (κ3) is 3.35. The Bertz CT molecular complexity index is 1150. The average molecular weight is 376 g/mol. The molecule has 0 fully saturated rings. The molecule has 6 nitrogen and oxygen atoms in total. The second-order valence-corrected chi connectivity index (χ2v) is 5.93. The van der Waals surface area contributed by atoms with Gasteiger partial charge in [0, 0.05) is 6.20 Å². The Balaban J connectivity index is 1.76. The molecule has 2 aromatic heterocycles. The van der Waals surface area contributed by atoms with Gasteiger partial charge in [-0.15, -0.1) is 5.10 Å². The Kier molecular flexibility index (Phi) is 4.59. The number of hydrogen-bond donors (Lipinski definition) is 1. The normalized spacial score (nSPS) is 11.2. The van der Waals surface area contributed by atoms with Crippen molar-refractivity contribution in [2.24, 2.45) is 0 Å². The number of nitrogen functional groups attached to an aromatic ring is 1. The number of hydrogen-bond acceptors (Lipinski definition) is 5. The second kappa shape index (κ2) is 7.36. The number of tetrazole rings is 1. The molecule has 4 rings (SSSR count). The molecule has 2 aromatic carbocycles. The quantitative estimate of drug-likeness (QED) is 0.586. The largest absolute Gasteiger partial charge is 0.383 e. The Labute approximate surface area is 159 Å². The highest BCUT2D eigenvalue weighted by Crippen LogP contribution is 2.27. The van der Waals surface area contributed by atoms with Crippen LogP contribution in [0, 0.1) is 11.6 Å². The Morgan fingerprint density at radius 2 is 1.71 bits per heavy atom. The van der Waals surface area contributed by atoms with Gasteiger partial charge in [0.15, 0.2) is 17.5 Å². The molecule has 0 aliphatic heterocycles. The van der Waals surface area contributed by atoms with Gasteiger partial charge in [-0.25, -0.2) is 13.8 Å². The van der Waals surface area contributed by atoms with Crippen LogP contribution in [0.2, 0.25) is 0 Å². The van der Waals surface area contributed by atoms with E-state index in [1.807, 2.05) is 42.5 Å². The van der Waals surface area contributed by atoms with Crippen molar-refractivity contribution < 1.29 is 8.78 Å². The molecule has 0 saturated heterocycles. The van der Waals surface area contributed by atoms with E-state index in [0.717, 1.165) is 21.9 Å². The van der Waals surface area contributed by atoms with Gasteiger partial charge >= 0.3 is 0 Å². The topological polar surface area (TPSA) is 82.5 Å². The van der Waals surface area contributed by atoms with Crippen LogP contribution in [0.1, 0.15) is 11.1 Å². The molecule has 28 heavy (non-hydrogen) atoms. The number of nitrogens with two attached hydrogens (primary N) is 1. The summed E-state index contributed by atoms with van der Waals surface area (Å²) in [5, 5.41) is 11.3. The molecule has 0 saturated carbocycles. The number of rotatable bonds is 4. The number of halogens is 2. The number of benzene rings is 2. The molecule has 0 bridgehead atoms. The summed E-state index contributed by atoms with van der Waals surface area (Å²) in [7, 11) is 0. The summed E-state index contributed by atoms with van der Waals surface area (Å²) in [6.45, 7) is 0. The number of pyridine rings is 1. The fourth-order valence-corrected chi connectivity index (χ4v) is 2.69. The van der Waals surface area contributed by atoms with Crippen molar-refractivity contribution in [1.82, 2.24) is 25.2 Å². The van der Waals surface area contributed by atoms with Gasteiger partial charge in [0.1, 0.15) is 11.5 Å². The summed E-state index contributed by atoms with van der Waals surface area (Å²) in [4.78, 5) is 4.17. The maximum Gasteiger partial charge on any atom is 0.190 e. The standard InChI is InChI=1S/C20H14F2N6/c21-16-7-4-8-17(18(16)22)28-20(25-26-27-28)15-11-14(12-24-19(15)23)10-9-13-5-2-1-3-6-13/h1-12H,(H2,23,24). The number of anilines is 1. The van der Waals surface area contributed by atoms with Gasteiger partial charge in [0.05, 0.1) is 5.56 Å². The minimum absolute atomic E-state index is 0.121. The Morgan fingerprint density at radius 1 is 0.929 bits per heavy atom. The lowest BCUT2D eigenvalue weighted by Crippen LogP contribution is -2.06. The summed E-state index contributed by atoms with van der Waals surface area (Å²) in [5.74, 6) is -1.72. The highest BCUT2D eigenvalue weighted by molar-refractivity contribution is 5.76. The van der Waals surface area contributed by atoms with E-state index in [4.69, 9.17) is 5.73 Å². The first kappa shape index (κ1) is 17.5. The molecule has 2 N–H and O–H groups in total. The van der Waals surface area contributed by atoms with E-state index in [0.29, 0.717) is 5.56 Å². The van der Waals surface area contributed by atoms with Gasteiger partial charge in [0.25, 0.3) is 0 Å². The minimum Gasteiger partial charge on any atom is -0.383 e. The van der Waals surface area contributed by atoms with E-state index in [2.05, 4.69) is 20.5 Å². The molecular formula is C20H14F2N6. The molecule has 0 radical (unpaired) electrons. The van der Waals surface area contributed by atoms with Crippen LogP contribution < -0.4 is 5.73 Å². The number of nitrogens with zero attached hydrogens (tertiary/aromatic N) is 5. The van der Waals surface area contributed by atoms with Crippen LogP contribution in [0.25, 0.3) is 29.2 Å². The highest BCUT2D eigenvalue weighted by Gasteiger charge is 2.18. The molecule has 8 heteroatoms. The van der Waals surface area contributed by atoms with Crippen LogP contribution in [-0.2, 0) is 0 Å². The first-order chi connectivity index (χ1) is 13.6. The third-order valence-corrected chi connectivity index (χ3v) is 4.08. The first-order valence-electron chi connectivity index (χ1n) is 8.35. The van der Waals surface area contributed by atoms with Crippen LogP contribution in [0.5, 0.6) is 0 Å². The molecule has 0 spiro atoms. The van der Waals surface area contributed by atoms with Crippen LogP contribution >= 0.6 is 0 Å². The lowest BCUT2D eigenvalue weighted by Gasteiger charge is -2.08. The average Bonchev–Trinajstić information content (AvgIpc) is 3.19. The molecule has 0 aliphatic rings. The minimum atomic E-state index is -1.05. The van der Waals surface area contributed by atoms with Crippen LogP contribution in [0.4, 0.5) is 14.6 Å². The zero-order valence-electron chi connectivity index (χ0n) is 14.5. The number of aromatic nitrogens is 5. The van der Waals surface area contributed by atoms with Crippen molar-refractivity contribution in [3.63, 3.8) is 0 Å². The zero-order chi connectivity index (χ0) is 19.5. The van der Waals surface area contributed by atoms with Gasteiger partial charge in [-0.05, 0) is 39.8 Å². The smallest absolute Gasteiger partial charge is 0.190 e. The van der Waals surface area contributed by atoms with Crippen LogP contribution in [-0.4, -0.2) is 25.2 Å². The summed E-state index contributed by atoms with van der Waals surface area (Å²) in [6.07, 6.45) is 5.39. The van der Waals surface area contributed by atoms with E-state index in [1.54, 1.807) is 12.3 Å².